The Morgan fingerprint density at radius 1 is 1.10 bits per heavy atom. The number of hydrogen-bond acceptors (Lipinski definition) is 2. The minimum atomic E-state index is -0.281. The van der Waals surface area contributed by atoms with Crippen molar-refractivity contribution in [1.82, 2.24) is 9.55 Å². The van der Waals surface area contributed by atoms with Crippen molar-refractivity contribution >= 4 is 11.0 Å². The van der Waals surface area contributed by atoms with E-state index in [0.29, 0.717) is 12.2 Å². The Bertz CT molecular complexity index is 822. The van der Waals surface area contributed by atoms with Crippen LogP contribution in [0.2, 0.25) is 0 Å². The fourth-order valence-corrected chi connectivity index (χ4v) is 2.25. The smallest absolute Gasteiger partial charge is 0.272 e. The molecule has 0 unspecified atom stereocenters. The number of aromatic nitrogens is 2. The Kier molecular flexibility index (Phi) is 3.06. The lowest BCUT2D eigenvalue weighted by atomic mass is 10.2. The Morgan fingerprint density at radius 3 is 2.55 bits per heavy atom. The van der Waals surface area contributed by atoms with Gasteiger partial charge in [-0.15, -0.1) is 0 Å². The van der Waals surface area contributed by atoms with E-state index in [1.165, 1.54) is 12.1 Å². The van der Waals surface area contributed by atoms with Crippen LogP contribution in [0.1, 0.15) is 11.3 Å². The van der Waals surface area contributed by atoms with Gasteiger partial charge in [-0.3, -0.25) is 4.79 Å². The van der Waals surface area contributed by atoms with E-state index in [-0.39, 0.29) is 11.4 Å². The predicted octanol–water partition coefficient (Wildman–Crippen LogP) is 2.89. The first-order valence-corrected chi connectivity index (χ1v) is 6.36. The minimum absolute atomic E-state index is 0.118. The molecule has 3 aromatic rings. The maximum absolute atomic E-state index is 12.9. The number of rotatable bonds is 2. The van der Waals surface area contributed by atoms with Crippen LogP contribution in [0.4, 0.5) is 4.39 Å². The molecule has 0 saturated heterocycles. The Labute approximate surface area is 115 Å². The summed E-state index contributed by atoms with van der Waals surface area (Å²) >= 11 is 0. The van der Waals surface area contributed by atoms with E-state index in [0.717, 1.165) is 16.6 Å². The van der Waals surface area contributed by atoms with E-state index in [9.17, 15) is 9.18 Å². The summed E-state index contributed by atoms with van der Waals surface area (Å²) in [6.07, 6.45) is 0. The minimum Gasteiger partial charge on any atom is -0.301 e. The van der Waals surface area contributed by atoms with Crippen molar-refractivity contribution in [2.75, 3.05) is 0 Å². The maximum atomic E-state index is 12.9. The number of para-hydroxylation sites is 2. The Hall–Kier alpha value is -2.49. The normalized spacial score (nSPS) is 10.9. The van der Waals surface area contributed by atoms with Crippen LogP contribution in [0.5, 0.6) is 0 Å². The molecule has 0 radical (unpaired) electrons. The molecule has 0 aliphatic carbocycles. The van der Waals surface area contributed by atoms with E-state index < -0.39 is 0 Å². The van der Waals surface area contributed by atoms with Crippen LogP contribution in [-0.4, -0.2) is 9.55 Å². The predicted molar refractivity (Wildman–Crippen MR) is 76.2 cm³/mol. The highest BCUT2D eigenvalue weighted by Gasteiger charge is 2.08. The quantitative estimate of drug-likeness (QED) is 0.716. The second-order valence-corrected chi connectivity index (χ2v) is 4.70. The molecule has 3 rings (SSSR count). The molecule has 2 aromatic carbocycles. The zero-order valence-corrected chi connectivity index (χ0v) is 11.0. The molecule has 0 saturated carbocycles. The molecule has 100 valence electrons. The molecular weight excluding hydrogens is 255 g/mol. The van der Waals surface area contributed by atoms with Gasteiger partial charge in [-0.1, -0.05) is 24.3 Å². The maximum Gasteiger partial charge on any atom is 0.272 e. The topological polar surface area (TPSA) is 34.9 Å². The lowest BCUT2D eigenvalue weighted by molar-refractivity contribution is 0.626. The number of aryl methyl sites for hydroxylation is 1. The van der Waals surface area contributed by atoms with Crippen molar-refractivity contribution in [1.29, 1.82) is 0 Å². The summed E-state index contributed by atoms with van der Waals surface area (Å²) in [5, 5.41) is 0. The number of benzene rings is 2. The van der Waals surface area contributed by atoms with Gasteiger partial charge in [0.2, 0.25) is 0 Å². The average Bonchev–Trinajstić information content (AvgIpc) is 2.46. The van der Waals surface area contributed by atoms with Crippen LogP contribution in [0, 0.1) is 12.7 Å². The molecule has 0 N–H and O–H groups in total. The summed E-state index contributed by atoms with van der Waals surface area (Å²) in [5.74, 6) is -0.281. The molecule has 1 aromatic heterocycles. The summed E-state index contributed by atoms with van der Waals surface area (Å²) in [7, 11) is 0. The molecule has 0 fully saturated rings. The molecule has 0 atom stereocenters. The van der Waals surface area contributed by atoms with E-state index in [1.807, 2.05) is 24.3 Å². The van der Waals surface area contributed by atoms with Crippen molar-refractivity contribution in [2.24, 2.45) is 0 Å². The average molecular weight is 268 g/mol. The van der Waals surface area contributed by atoms with Gasteiger partial charge >= 0.3 is 0 Å². The second-order valence-electron chi connectivity index (χ2n) is 4.70. The van der Waals surface area contributed by atoms with Gasteiger partial charge in [-0.25, -0.2) is 9.37 Å². The summed E-state index contributed by atoms with van der Waals surface area (Å²) < 4.78 is 14.6. The van der Waals surface area contributed by atoms with Crippen LogP contribution in [0.3, 0.4) is 0 Å². The first-order chi connectivity index (χ1) is 9.65. The van der Waals surface area contributed by atoms with Crippen LogP contribution in [-0.2, 0) is 6.54 Å². The van der Waals surface area contributed by atoms with E-state index in [4.69, 9.17) is 0 Å². The highest BCUT2D eigenvalue weighted by molar-refractivity contribution is 5.74. The second kappa shape index (κ2) is 4.89. The van der Waals surface area contributed by atoms with Gasteiger partial charge in [0.1, 0.15) is 11.5 Å². The highest BCUT2D eigenvalue weighted by Crippen LogP contribution is 2.12. The van der Waals surface area contributed by atoms with Gasteiger partial charge in [-0.05, 0) is 36.8 Å². The SMILES string of the molecule is Cc1nc2ccccc2n(Cc2ccc(F)cc2)c1=O. The van der Waals surface area contributed by atoms with Gasteiger partial charge in [0.25, 0.3) is 5.56 Å². The zero-order valence-electron chi connectivity index (χ0n) is 11.0. The van der Waals surface area contributed by atoms with Gasteiger partial charge in [-0.2, -0.15) is 0 Å². The molecule has 0 aliphatic rings. The van der Waals surface area contributed by atoms with Gasteiger partial charge in [0.15, 0.2) is 0 Å². The van der Waals surface area contributed by atoms with Crippen LogP contribution < -0.4 is 5.56 Å². The molecule has 4 heteroatoms. The van der Waals surface area contributed by atoms with Crippen LogP contribution in [0.25, 0.3) is 11.0 Å². The third-order valence-corrected chi connectivity index (χ3v) is 3.27. The summed E-state index contributed by atoms with van der Waals surface area (Å²) in [4.78, 5) is 16.6. The number of halogens is 1. The zero-order chi connectivity index (χ0) is 14.1. The lowest BCUT2D eigenvalue weighted by Crippen LogP contribution is -2.24. The summed E-state index contributed by atoms with van der Waals surface area (Å²) in [5.41, 5.74) is 2.79. The Balaban J connectivity index is 2.17. The monoisotopic (exact) mass is 268 g/mol. The highest BCUT2D eigenvalue weighted by atomic mass is 19.1. The van der Waals surface area contributed by atoms with Crippen molar-refractivity contribution in [3.8, 4) is 0 Å². The third kappa shape index (κ3) is 2.20. The molecule has 0 bridgehead atoms. The van der Waals surface area contributed by atoms with Crippen molar-refractivity contribution in [3.05, 3.63) is 76.0 Å². The van der Waals surface area contributed by atoms with Crippen molar-refractivity contribution in [3.63, 3.8) is 0 Å². The van der Waals surface area contributed by atoms with Crippen molar-refractivity contribution in [2.45, 2.75) is 13.5 Å². The van der Waals surface area contributed by atoms with Crippen molar-refractivity contribution < 1.29 is 4.39 Å². The molecule has 20 heavy (non-hydrogen) atoms. The standard InChI is InChI=1S/C16H13FN2O/c1-11-16(20)19(10-12-6-8-13(17)9-7-12)15-5-3-2-4-14(15)18-11/h2-9H,10H2,1H3. The molecule has 0 aliphatic heterocycles. The number of nitrogens with zero attached hydrogens (tertiary/aromatic N) is 2. The summed E-state index contributed by atoms with van der Waals surface area (Å²) in [6, 6.07) is 13.7. The molecular formula is C16H13FN2O. The number of fused-ring (bicyclic) bond motifs is 1. The van der Waals surface area contributed by atoms with E-state index in [2.05, 4.69) is 4.98 Å². The van der Waals surface area contributed by atoms with E-state index >= 15 is 0 Å². The van der Waals surface area contributed by atoms with E-state index in [1.54, 1.807) is 23.6 Å². The third-order valence-electron chi connectivity index (χ3n) is 3.27. The Morgan fingerprint density at radius 2 is 1.80 bits per heavy atom. The fourth-order valence-electron chi connectivity index (χ4n) is 2.25. The van der Waals surface area contributed by atoms with Gasteiger partial charge in [0.05, 0.1) is 17.6 Å². The number of hydrogen-bond donors (Lipinski definition) is 0. The fraction of sp³-hybridized carbons (Fsp3) is 0.125. The molecule has 1 heterocycles. The first-order valence-electron chi connectivity index (χ1n) is 6.36. The van der Waals surface area contributed by atoms with Gasteiger partial charge < -0.3 is 4.57 Å². The molecule has 3 nitrogen and oxygen atoms in total. The largest absolute Gasteiger partial charge is 0.301 e. The van der Waals surface area contributed by atoms with Crippen LogP contribution >= 0.6 is 0 Å². The van der Waals surface area contributed by atoms with Gasteiger partial charge in [0, 0.05) is 0 Å². The lowest BCUT2D eigenvalue weighted by Gasteiger charge is -2.11. The molecule has 0 spiro atoms. The molecule has 0 amide bonds. The first kappa shape index (κ1) is 12.5. The van der Waals surface area contributed by atoms with Crippen LogP contribution in [0.15, 0.2) is 53.3 Å². The summed E-state index contributed by atoms with van der Waals surface area (Å²) in [6.45, 7) is 2.11.